The zero-order chi connectivity index (χ0) is 14.2. The summed E-state index contributed by atoms with van der Waals surface area (Å²) in [5.41, 5.74) is 2.19. The van der Waals surface area contributed by atoms with E-state index in [9.17, 15) is 0 Å². The third-order valence-electron chi connectivity index (χ3n) is 2.85. The van der Waals surface area contributed by atoms with Crippen LogP contribution >= 0.6 is 24.0 Å². The number of aromatic nitrogens is 3. The summed E-state index contributed by atoms with van der Waals surface area (Å²) in [6.07, 6.45) is 4.29. The van der Waals surface area contributed by atoms with Crippen LogP contribution in [0.4, 0.5) is 0 Å². The SMILES string of the molecule is CCCNC(=NC)NCc1ccc(-n2cncn2)cc1.I. The van der Waals surface area contributed by atoms with Gasteiger partial charge in [-0.1, -0.05) is 19.1 Å². The normalized spacial score (nSPS) is 10.9. The van der Waals surface area contributed by atoms with Crippen LogP contribution in [0.15, 0.2) is 41.9 Å². The summed E-state index contributed by atoms with van der Waals surface area (Å²) in [6, 6.07) is 8.18. The van der Waals surface area contributed by atoms with Gasteiger partial charge in [0.25, 0.3) is 0 Å². The molecule has 7 heteroatoms. The van der Waals surface area contributed by atoms with Crippen molar-refractivity contribution >= 4 is 29.9 Å². The van der Waals surface area contributed by atoms with Gasteiger partial charge in [0.1, 0.15) is 12.7 Å². The number of aliphatic imine (C=N–C) groups is 1. The molecule has 0 unspecified atom stereocenters. The Morgan fingerprint density at radius 2 is 2.00 bits per heavy atom. The van der Waals surface area contributed by atoms with Gasteiger partial charge in [-0.2, -0.15) is 5.10 Å². The van der Waals surface area contributed by atoms with Crippen molar-refractivity contribution in [1.82, 2.24) is 25.4 Å². The molecule has 1 aromatic heterocycles. The van der Waals surface area contributed by atoms with Crippen LogP contribution in [0.5, 0.6) is 0 Å². The number of nitrogens with zero attached hydrogens (tertiary/aromatic N) is 4. The van der Waals surface area contributed by atoms with Gasteiger partial charge < -0.3 is 10.6 Å². The summed E-state index contributed by atoms with van der Waals surface area (Å²) in [7, 11) is 1.78. The molecule has 6 nitrogen and oxygen atoms in total. The Hall–Kier alpha value is -1.64. The average molecular weight is 400 g/mol. The van der Waals surface area contributed by atoms with Crippen LogP contribution < -0.4 is 10.6 Å². The van der Waals surface area contributed by atoms with Crippen molar-refractivity contribution in [3.05, 3.63) is 42.5 Å². The van der Waals surface area contributed by atoms with E-state index in [4.69, 9.17) is 0 Å². The van der Waals surface area contributed by atoms with Crippen molar-refractivity contribution in [1.29, 1.82) is 0 Å². The number of halogens is 1. The van der Waals surface area contributed by atoms with E-state index in [1.54, 1.807) is 18.1 Å². The van der Waals surface area contributed by atoms with E-state index in [0.717, 1.165) is 31.2 Å². The van der Waals surface area contributed by atoms with Gasteiger partial charge in [0.2, 0.25) is 0 Å². The lowest BCUT2D eigenvalue weighted by atomic mass is 10.2. The van der Waals surface area contributed by atoms with Gasteiger partial charge in [-0.15, -0.1) is 24.0 Å². The molecule has 2 aromatic rings. The lowest BCUT2D eigenvalue weighted by Crippen LogP contribution is -2.37. The summed E-state index contributed by atoms with van der Waals surface area (Å²) in [6.45, 7) is 3.79. The number of hydrogen-bond acceptors (Lipinski definition) is 3. The van der Waals surface area contributed by atoms with Gasteiger partial charge >= 0.3 is 0 Å². The molecule has 0 atom stereocenters. The highest BCUT2D eigenvalue weighted by atomic mass is 127. The predicted molar refractivity (Wildman–Crippen MR) is 95.3 cm³/mol. The molecule has 0 aliphatic carbocycles. The van der Waals surface area contributed by atoms with Crippen LogP contribution in [-0.2, 0) is 6.54 Å². The minimum atomic E-state index is 0. The zero-order valence-electron chi connectivity index (χ0n) is 12.3. The third kappa shape index (κ3) is 5.33. The summed E-state index contributed by atoms with van der Waals surface area (Å²) in [4.78, 5) is 8.11. The minimum Gasteiger partial charge on any atom is -0.356 e. The second kappa shape index (κ2) is 9.32. The summed E-state index contributed by atoms with van der Waals surface area (Å²) < 4.78 is 1.74. The number of guanidine groups is 1. The Labute approximate surface area is 142 Å². The maximum absolute atomic E-state index is 4.17. The molecule has 0 radical (unpaired) electrons. The van der Waals surface area contributed by atoms with E-state index in [1.807, 2.05) is 12.1 Å². The molecular formula is C14H21IN6. The van der Waals surface area contributed by atoms with Crippen molar-refractivity contribution in [2.45, 2.75) is 19.9 Å². The second-order valence-electron chi connectivity index (χ2n) is 4.36. The molecule has 2 rings (SSSR count). The molecule has 0 bridgehead atoms. The molecule has 0 aliphatic rings. The summed E-state index contributed by atoms with van der Waals surface area (Å²) >= 11 is 0. The fourth-order valence-electron chi connectivity index (χ4n) is 1.76. The van der Waals surface area contributed by atoms with Gasteiger partial charge in [0, 0.05) is 20.1 Å². The highest BCUT2D eigenvalue weighted by Gasteiger charge is 1.99. The molecule has 0 aliphatic heterocycles. The predicted octanol–water partition coefficient (Wildman–Crippen LogP) is 1.96. The Morgan fingerprint density at radius 1 is 1.24 bits per heavy atom. The highest BCUT2D eigenvalue weighted by molar-refractivity contribution is 14.0. The molecular weight excluding hydrogens is 379 g/mol. The molecule has 114 valence electrons. The van der Waals surface area contributed by atoms with Crippen molar-refractivity contribution in [3.63, 3.8) is 0 Å². The Kier molecular flexibility index (Phi) is 7.73. The first-order valence-electron chi connectivity index (χ1n) is 6.72. The van der Waals surface area contributed by atoms with Crippen LogP contribution in [-0.4, -0.2) is 34.3 Å². The van der Waals surface area contributed by atoms with Gasteiger partial charge in [-0.3, -0.25) is 4.99 Å². The fraction of sp³-hybridized carbons (Fsp3) is 0.357. The largest absolute Gasteiger partial charge is 0.356 e. The maximum Gasteiger partial charge on any atom is 0.191 e. The zero-order valence-corrected chi connectivity index (χ0v) is 14.6. The minimum absolute atomic E-state index is 0. The quantitative estimate of drug-likeness (QED) is 0.458. The molecule has 0 fully saturated rings. The van der Waals surface area contributed by atoms with E-state index < -0.39 is 0 Å². The molecule has 0 saturated carbocycles. The van der Waals surface area contributed by atoms with Crippen molar-refractivity contribution < 1.29 is 0 Å². The smallest absolute Gasteiger partial charge is 0.191 e. The van der Waals surface area contributed by atoms with Crippen LogP contribution in [0.2, 0.25) is 0 Å². The first kappa shape index (κ1) is 17.4. The molecule has 1 heterocycles. The Bertz CT molecular complexity index is 535. The van der Waals surface area contributed by atoms with Crippen molar-refractivity contribution in [3.8, 4) is 5.69 Å². The highest BCUT2D eigenvalue weighted by Crippen LogP contribution is 2.07. The Morgan fingerprint density at radius 3 is 2.57 bits per heavy atom. The van der Waals surface area contributed by atoms with E-state index in [-0.39, 0.29) is 24.0 Å². The van der Waals surface area contributed by atoms with Crippen molar-refractivity contribution in [2.24, 2.45) is 4.99 Å². The van der Waals surface area contributed by atoms with Crippen molar-refractivity contribution in [2.75, 3.05) is 13.6 Å². The summed E-state index contributed by atoms with van der Waals surface area (Å²) in [5.74, 6) is 0.826. The van der Waals surface area contributed by atoms with E-state index in [1.165, 1.54) is 11.9 Å². The first-order chi connectivity index (χ1) is 9.83. The fourth-order valence-corrected chi connectivity index (χ4v) is 1.76. The molecule has 1 aromatic carbocycles. The molecule has 0 spiro atoms. The number of benzene rings is 1. The van der Waals surface area contributed by atoms with Crippen LogP contribution in [0.3, 0.4) is 0 Å². The molecule has 0 amide bonds. The van der Waals surface area contributed by atoms with Gasteiger partial charge in [0.05, 0.1) is 5.69 Å². The lowest BCUT2D eigenvalue weighted by Gasteiger charge is -2.11. The molecule has 0 saturated heterocycles. The number of hydrogen-bond donors (Lipinski definition) is 2. The van der Waals surface area contributed by atoms with Gasteiger partial charge in [0.15, 0.2) is 5.96 Å². The maximum atomic E-state index is 4.17. The average Bonchev–Trinajstić information content (AvgIpc) is 3.02. The first-order valence-corrected chi connectivity index (χ1v) is 6.72. The number of nitrogens with one attached hydrogen (secondary N) is 2. The molecule has 2 N–H and O–H groups in total. The van der Waals surface area contributed by atoms with Crippen LogP contribution in [0, 0.1) is 0 Å². The van der Waals surface area contributed by atoms with Crippen LogP contribution in [0.25, 0.3) is 5.69 Å². The standard InChI is InChI=1S/C14H20N6.HI/c1-3-8-17-14(15-2)18-9-12-4-6-13(7-5-12)20-11-16-10-19-20;/h4-7,10-11H,3,8-9H2,1-2H3,(H2,15,17,18);1H. The molecule has 21 heavy (non-hydrogen) atoms. The van der Waals surface area contributed by atoms with E-state index in [2.05, 4.69) is 44.8 Å². The number of rotatable bonds is 5. The van der Waals surface area contributed by atoms with E-state index >= 15 is 0 Å². The second-order valence-corrected chi connectivity index (χ2v) is 4.36. The Balaban J connectivity index is 0.00000220. The third-order valence-corrected chi connectivity index (χ3v) is 2.85. The van der Waals surface area contributed by atoms with E-state index in [0.29, 0.717) is 0 Å². The van der Waals surface area contributed by atoms with Gasteiger partial charge in [-0.05, 0) is 24.1 Å². The summed E-state index contributed by atoms with van der Waals surface area (Å²) in [5, 5.41) is 10.6. The monoisotopic (exact) mass is 400 g/mol. The lowest BCUT2D eigenvalue weighted by molar-refractivity contribution is 0.781. The van der Waals surface area contributed by atoms with Gasteiger partial charge in [-0.25, -0.2) is 9.67 Å². The topological polar surface area (TPSA) is 67.1 Å². The van der Waals surface area contributed by atoms with Crippen LogP contribution in [0.1, 0.15) is 18.9 Å².